The summed E-state index contributed by atoms with van der Waals surface area (Å²) in [4.78, 5) is 40.6. The van der Waals surface area contributed by atoms with E-state index in [0.29, 0.717) is 10.6 Å². The van der Waals surface area contributed by atoms with Gasteiger partial charge in [-0.25, -0.2) is 9.78 Å². The Morgan fingerprint density at radius 3 is 2.63 bits per heavy atom. The molecule has 0 radical (unpaired) electrons. The lowest BCUT2D eigenvalue weighted by Gasteiger charge is -2.08. The van der Waals surface area contributed by atoms with E-state index < -0.39 is 24.4 Å². The standard InChI is InChI=1S/C18H18N4O4S/c1-10-7-11(2)21-17-14(10)15(22-5-3-4-6-22)16(27-17)18(25)26-9-13(24)20-8-12(19)23/h3-7H,8-9H2,1-2H3,(H2,19,23)(H,20,24). The number of nitrogens with one attached hydrogen (secondary N) is 1. The number of aryl methyl sites for hydroxylation is 2. The van der Waals surface area contributed by atoms with Crippen LogP contribution in [0.3, 0.4) is 0 Å². The van der Waals surface area contributed by atoms with E-state index in [2.05, 4.69) is 10.3 Å². The highest BCUT2D eigenvalue weighted by Crippen LogP contribution is 2.36. The quantitative estimate of drug-likeness (QED) is 0.622. The molecule has 0 aliphatic rings. The Bertz CT molecular complexity index is 1020. The first kappa shape index (κ1) is 18.6. The van der Waals surface area contributed by atoms with E-state index in [0.717, 1.165) is 21.5 Å². The van der Waals surface area contributed by atoms with Crippen LogP contribution < -0.4 is 11.1 Å². The normalized spacial score (nSPS) is 10.7. The number of primary amides is 1. The zero-order valence-corrected chi connectivity index (χ0v) is 15.6. The van der Waals surface area contributed by atoms with Gasteiger partial charge in [-0.05, 0) is 37.6 Å². The molecule has 8 nitrogen and oxygen atoms in total. The van der Waals surface area contributed by atoms with Gasteiger partial charge >= 0.3 is 5.97 Å². The summed E-state index contributed by atoms with van der Waals surface area (Å²) < 4.78 is 6.95. The topological polar surface area (TPSA) is 116 Å². The Labute approximate surface area is 158 Å². The van der Waals surface area contributed by atoms with Gasteiger partial charge in [0.2, 0.25) is 5.91 Å². The van der Waals surface area contributed by atoms with Crippen LogP contribution in [-0.4, -0.2) is 40.5 Å². The van der Waals surface area contributed by atoms with E-state index in [-0.39, 0.29) is 6.54 Å². The molecule has 2 amide bonds. The van der Waals surface area contributed by atoms with Crippen molar-refractivity contribution in [1.82, 2.24) is 14.9 Å². The Balaban J connectivity index is 1.93. The van der Waals surface area contributed by atoms with Gasteiger partial charge in [0.15, 0.2) is 6.61 Å². The molecule has 9 heteroatoms. The van der Waals surface area contributed by atoms with E-state index in [4.69, 9.17) is 10.5 Å². The Kier molecular flexibility index (Phi) is 5.22. The largest absolute Gasteiger partial charge is 0.451 e. The summed E-state index contributed by atoms with van der Waals surface area (Å²) in [6.07, 6.45) is 3.66. The van der Waals surface area contributed by atoms with E-state index in [1.165, 1.54) is 11.3 Å². The van der Waals surface area contributed by atoms with Crippen LogP contribution in [0.25, 0.3) is 15.9 Å². The zero-order valence-electron chi connectivity index (χ0n) is 14.8. The number of nitrogens with two attached hydrogens (primary N) is 1. The second-order valence-electron chi connectivity index (χ2n) is 5.95. The van der Waals surface area contributed by atoms with Gasteiger partial charge in [0.05, 0.1) is 12.2 Å². The lowest BCUT2D eigenvalue weighted by atomic mass is 10.1. The second-order valence-corrected chi connectivity index (χ2v) is 6.95. The zero-order chi connectivity index (χ0) is 19.6. The third-order valence-corrected chi connectivity index (χ3v) is 4.86. The molecule has 0 fully saturated rings. The molecule has 0 saturated heterocycles. The van der Waals surface area contributed by atoms with Crippen LogP contribution in [0.2, 0.25) is 0 Å². The molecule has 0 atom stereocenters. The first-order valence-electron chi connectivity index (χ1n) is 8.13. The second kappa shape index (κ2) is 7.58. The van der Waals surface area contributed by atoms with Gasteiger partial charge in [-0.15, -0.1) is 11.3 Å². The molecule has 0 bridgehead atoms. The van der Waals surface area contributed by atoms with Crippen LogP contribution in [-0.2, 0) is 14.3 Å². The minimum absolute atomic E-state index is 0.309. The molecule has 3 aromatic heterocycles. The molecule has 3 rings (SSSR count). The van der Waals surface area contributed by atoms with E-state index in [9.17, 15) is 14.4 Å². The summed E-state index contributed by atoms with van der Waals surface area (Å²) >= 11 is 1.22. The summed E-state index contributed by atoms with van der Waals surface area (Å²) in [5.74, 6) is -1.91. The summed E-state index contributed by atoms with van der Waals surface area (Å²) in [5, 5.41) is 3.14. The lowest BCUT2D eigenvalue weighted by molar-refractivity contribution is -0.127. The van der Waals surface area contributed by atoms with Gasteiger partial charge in [-0.3, -0.25) is 9.59 Å². The van der Waals surface area contributed by atoms with Crippen LogP contribution in [0.4, 0.5) is 0 Å². The molecule has 0 saturated carbocycles. The average molecular weight is 386 g/mol. The fraction of sp³-hybridized carbons (Fsp3) is 0.222. The maximum Gasteiger partial charge on any atom is 0.351 e. The van der Waals surface area contributed by atoms with E-state index in [1.54, 1.807) is 0 Å². The maximum absolute atomic E-state index is 12.6. The number of aromatic nitrogens is 2. The van der Waals surface area contributed by atoms with Crippen molar-refractivity contribution in [3.63, 3.8) is 0 Å². The molecular weight excluding hydrogens is 368 g/mol. The maximum atomic E-state index is 12.6. The smallest absolute Gasteiger partial charge is 0.351 e. The molecule has 0 aliphatic heterocycles. The number of thiophene rings is 1. The van der Waals surface area contributed by atoms with E-state index >= 15 is 0 Å². The van der Waals surface area contributed by atoms with Gasteiger partial charge in [0, 0.05) is 23.5 Å². The summed E-state index contributed by atoms with van der Waals surface area (Å²) in [6.45, 7) is 3.04. The highest BCUT2D eigenvalue weighted by atomic mass is 32.1. The molecule has 0 aliphatic carbocycles. The van der Waals surface area contributed by atoms with Crippen molar-refractivity contribution in [3.8, 4) is 5.69 Å². The monoisotopic (exact) mass is 386 g/mol. The predicted molar refractivity (Wildman–Crippen MR) is 101 cm³/mol. The van der Waals surface area contributed by atoms with Crippen molar-refractivity contribution >= 4 is 39.3 Å². The summed E-state index contributed by atoms with van der Waals surface area (Å²) in [5.41, 5.74) is 7.48. The van der Waals surface area contributed by atoms with Crippen molar-refractivity contribution < 1.29 is 19.1 Å². The van der Waals surface area contributed by atoms with Crippen LogP contribution >= 0.6 is 11.3 Å². The SMILES string of the molecule is Cc1cc(C)c2c(-n3cccc3)c(C(=O)OCC(=O)NCC(N)=O)sc2n1. The highest BCUT2D eigenvalue weighted by molar-refractivity contribution is 7.21. The number of rotatable bonds is 6. The minimum Gasteiger partial charge on any atom is -0.451 e. The van der Waals surface area contributed by atoms with Crippen molar-refractivity contribution in [2.75, 3.05) is 13.2 Å². The van der Waals surface area contributed by atoms with Crippen molar-refractivity contribution in [2.45, 2.75) is 13.8 Å². The fourth-order valence-electron chi connectivity index (χ4n) is 2.72. The van der Waals surface area contributed by atoms with Crippen LogP contribution in [0.15, 0.2) is 30.6 Å². The number of carbonyl (C=O) groups is 3. The van der Waals surface area contributed by atoms with E-state index in [1.807, 2.05) is 49.0 Å². The molecule has 27 heavy (non-hydrogen) atoms. The molecule has 0 unspecified atom stereocenters. The van der Waals surface area contributed by atoms with Gasteiger partial charge in [-0.2, -0.15) is 0 Å². The Hall–Kier alpha value is -3.20. The molecule has 3 N–H and O–H groups in total. The van der Waals surface area contributed by atoms with Gasteiger partial charge < -0.3 is 20.4 Å². The summed E-state index contributed by atoms with van der Waals surface area (Å²) in [7, 11) is 0. The van der Waals surface area contributed by atoms with Crippen molar-refractivity contribution in [2.24, 2.45) is 5.73 Å². The fourth-order valence-corrected chi connectivity index (χ4v) is 3.91. The first-order chi connectivity index (χ1) is 12.9. The van der Waals surface area contributed by atoms with Crippen molar-refractivity contribution in [3.05, 3.63) is 46.7 Å². The third-order valence-electron chi connectivity index (χ3n) is 3.80. The summed E-state index contributed by atoms with van der Waals surface area (Å²) in [6, 6.07) is 5.66. The lowest BCUT2D eigenvalue weighted by Crippen LogP contribution is -2.35. The van der Waals surface area contributed by atoms with Gasteiger partial charge in [0.1, 0.15) is 9.71 Å². The molecular formula is C18H18N4O4S. The van der Waals surface area contributed by atoms with Gasteiger partial charge in [0.25, 0.3) is 5.91 Å². The molecule has 3 heterocycles. The number of fused-ring (bicyclic) bond motifs is 1. The van der Waals surface area contributed by atoms with Crippen LogP contribution in [0, 0.1) is 13.8 Å². The number of esters is 1. The highest BCUT2D eigenvalue weighted by Gasteiger charge is 2.23. The molecule has 3 aromatic rings. The number of nitrogens with zero attached hydrogens (tertiary/aromatic N) is 2. The average Bonchev–Trinajstić information content (AvgIpc) is 3.24. The Morgan fingerprint density at radius 1 is 1.26 bits per heavy atom. The molecule has 0 aromatic carbocycles. The number of hydrogen-bond donors (Lipinski definition) is 2. The third kappa shape index (κ3) is 3.98. The first-order valence-corrected chi connectivity index (χ1v) is 8.94. The molecule has 140 valence electrons. The van der Waals surface area contributed by atoms with Gasteiger partial charge in [-0.1, -0.05) is 0 Å². The predicted octanol–water partition coefficient (Wildman–Crippen LogP) is 1.46. The Morgan fingerprint density at radius 2 is 1.96 bits per heavy atom. The number of pyridine rings is 1. The number of ether oxygens (including phenoxy) is 1. The number of amides is 2. The number of hydrogen-bond acceptors (Lipinski definition) is 6. The molecule has 0 spiro atoms. The van der Waals surface area contributed by atoms with Crippen LogP contribution in [0.1, 0.15) is 20.9 Å². The minimum atomic E-state index is -0.675. The number of carbonyl (C=O) groups excluding carboxylic acids is 3. The van der Waals surface area contributed by atoms with Crippen molar-refractivity contribution in [1.29, 1.82) is 0 Å². The van der Waals surface area contributed by atoms with Crippen LogP contribution in [0.5, 0.6) is 0 Å².